The van der Waals surface area contributed by atoms with Gasteiger partial charge in [-0.25, -0.2) is 4.98 Å². The largest absolute Gasteiger partial charge is 0.389 e. The van der Waals surface area contributed by atoms with E-state index in [9.17, 15) is 9.90 Å². The first kappa shape index (κ1) is 23.8. The summed E-state index contributed by atoms with van der Waals surface area (Å²) in [5, 5.41) is 11.6. The molecule has 0 amide bonds. The number of aliphatic hydroxyl groups is 1. The van der Waals surface area contributed by atoms with Gasteiger partial charge in [0.15, 0.2) is 5.78 Å². The number of halogens is 1. The monoisotopic (exact) mass is 467 g/mol. The molecule has 176 valence electrons. The van der Waals surface area contributed by atoms with Gasteiger partial charge in [-0.15, -0.1) is 0 Å². The molecule has 0 aliphatic carbocycles. The smallest absolute Gasteiger partial charge is 0.181 e. The minimum atomic E-state index is -0.608. The number of aryl methyl sites for hydroxylation is 2. The fraction of sp³-hybridized carbons (Fsp3) is 0.481. The number of fused-ring (bicyclic) bond motifs is 1. The Morgan fingerprint density at radius 1 is 1.12 bits per heavy atom. The van der Waals surface area contributed by atoms with Crippen molar-refractivity contribution in [2.45, 2.75) is 65.4 Å². The van der Waals surface area contributed by atoms with Crippen molar-refractivity contribution in [3.05, 3.63) is 64.6 Å². The number of carbonyl (C=O) groups is 1. The highest BCUT2D eigenvalue weighted by atomic mass is 35.5. The van der Waals surface area contributed by atoms with Crippen molar-refractivity contribution in [3.63, 3.8) is 0 Å². The van der Waals surface area contributed by atoms with Crippen LogP contribution in [0.25, 0.3) is 5.65 Å². The Hall–Kier alpha value is -2.37. The average Bonchev–Trinajstić information content (AvgIpc) is 3.15. The number of hydrogen-bond acceptors (Lipinski definition) is 4. The van der Waals surface area contributed by atoms with E-state index < -0.39 is 5.60 Å². The van der Waals surface area contributed by atoms with E-state index in [1.807, 2.05) is 17.4 Å². The van der Waals surface area contributed by atoms with E-state index in [0.717, 1.165) is 42.8 Å². The number of anilines is 1. The second-order valence-electron chi connectivity index (χ2n) is 10.2. The first-order valence-corrected chi connectivity index (χ1v) is 12.2. The van der Waals surface area contributed by atoms with Gasteiger partial charge < -0.3 is 10.0 Å². The van der Waals surface area contributed by atoms with E-state index in [1.54, 1.807) is 12.3 Å². The lowest BCUT2D eigenvalue weighted by Crippen LogP contribution is -2.51. The molecular formula is C27H34ClN3O2. The summed E-state index contributed by atoms with van der Waals surface area (Å²) in [6.45, 7) is 10.1. The van der Waals surface area contributed by atoms with Crippen LogP contribution >= 0.6 is 11.6 Å². The maximum absolute atomic E-state index is 13.1. The van der Waals surface area contributed by atoms with Gasteiger partial charge in [0.2, 0.25) is 0 Å². The molecule has 33 heavy (non-hydrogen) atoms. The van der Waals surface area contributed by atoms with Gasteiger partial charge in [0.25, 0.3) is 0 Å². The summed E-state index contributed by atoms with van der Waals surface area (Å²) in [4.78, 5) is 20.0. The third kappa shape index (κ3) is 4.80. The van der Waals surface area contributed by atoms with E-state index in [-0.39, 0.29) is 11.2 Å². The van der Waals surface area contributed by atoms with Crippen LogP contribution < -0.4 is 4.90 Å². The Balaban J connectivity index is 1.40. The molecule has 1 aliphatic heterocycles. The normalized spacial score (nSPS) is 16.4. The van der Waals surface area contributed by atoms with Crippen LogP contribution in [0.5, 0.6) is 0 Å². The SMILES string of the molecule is CCc1nc2ccc(Cl)cn2c1C(=O)CCc1ccc(N2CCC(O)(C(C)(C)C)CC2)cc1. The van der Waals surface area contributed by atoms with E-state index in [1.165, 1.54) is 5.69 Å². The first-order chi connectivity index (χ1) is 15.6. The molecule has 6 heteroatoms. The summed E-state index contributed by atoms with van der Waals surface area (Å²) < 4.78 is 1.82. The van der Waals surface area contributed by atoms with Crippen LogP contribution in [0.2, 0.25) is 5.02 Å². The topological polar surface area (TPSA) is 57.8 Å². The zero-order valence-electron chi connectivity index (χ0n) is 20.1. The van der Waals surface area contributed by atoms with E-state index in [4.69, 9.17) is 11.6 Å². The maximum atomic E-state index is 13.1. The summed E-state index contributed by atoms with van der Waals surface area (Å²) in [5.41, 5.74) is 3.81. The van der Waals surface area contributed by atoms with Crippen molar-refractivity contribution in [1.82, 2.24) is 9.38 Å². The molecule has 0 radical (unpaired) electrons. The lowest BCUT2D eigenvalue weighted by molar-refractivity contribution is -0.0754. The third-order valence-corrected chi connectivity index (χ3v) is 7.41. The lowest BCUT2D eigenvalue weighted by atomic mass is 9.71. The van der Waals surface area contributed by atoms with E-state index >= 15 is 0 Å². The highest BCUT2D eigenvalue weighted by Gasteiger charge is 2.42. The second kappa shape index (κ2) is 9.11. The number of Topliss-reactive ketones (excluding diaryl/α,β-unsaturated/α-hetero) is 1. The predicted octanol–water partition coefficient (Wildman–Crippen LogP) is 5.74. The molecule has 0 spiro atoms. The van der Waals surface area contributed by atoms with Gasteiger partial charge in [0, 0.05) is 31.4 Å². The summed E-state index contributed by atoms with van der Waals surface area (Å²) in [7, 11) is 0. The van der Waals surface area contributed by atoms with Gasteiger partial charge in [0.1, 0.15) is 11.3 Å². The number of hydrogen-bond donors (Lipinski definition) is 1. The molecule has 0 atom stereocenters. The molecule has 4 rings (SSSR count). The Labute approximate surface area is 201 Å². The summed E-state index contributed by atoms with van der Waals surface area (Å²) >= 11 is 6.16. The molecule has 3 heterocycles. The third-order valence-electron chi connectivity index (χ3n) is 7.18. The van der Waals surface area contributed by atoms with Crippen LogP contribution in [-0.4, -0.2) is 39.0 Å². The van der Waals surface area contributed by atoms with Crippen molar-refractivity contribution >= 4 is 28.7 Å². The second-order valence-corrected chi connectivity index (χ2v) is 10.6. The van der Waals surface area contributed by atoms with Gasteiger partial charge in [-0.1, -0.05) is 51.4 Å². The highest BCUT2D eigenvalue weighted by molar-refractivity contribution is 6.30. The quantitative estimate of drug-likeness (QED) is 0.469. The summed E-state index contributed by atoms with van der Waals surface area (Å²) in [5.74, 6) is 0.0863. The Morgan fingerprint density at radius 3 is 2.39 bits per heavy atom. The van der Waals surface area contributed by atoms with Crippen LogP contribution in [0.15, 0.2) is 42.6 Å². The molecule has 1 aromatic carbocycles. The number of carbonyl (C=O) groups excluding carboxylic acids is 1. The van der Waals surface area contributed by atoms with Crippen molar-refractivity contribution < 1.29 is 9.90 Å². The number of nitrogens with zero attached hydrogens (tertiary/aromatic N) is 3. The molecule has 0 bridgehead atoms. The van der Waals surface area contributed by atoms with Crippen molar-refractivity contribution in [3.8, 4) is 0 Å². The molecule has 2 aromatic heterocycles. The van der Waals surface area contributed by atoms with Gasteiger partial charge in [-0.3, -0.25) is 9.20 Å². The standard InChI is InChI=1S/C27H34ClN3O2/c1-5-22-25(31-18-20(28)9-13-24(31)29-22)23(32)12-8-19-6-10-21(11-7-19)30-16-14-27(33,15-17-30)26(2,3)4/h6-7,9-11,13,18,33H,5,8,12,14-17H2,1-4H3. The molecule has 1 aliphatic rings. The van der Waals surface area contributed by atoms with Gasteiger partial charge in [0.05, 0.1) is 16.3 Å². The number of aromatic nitrogens is 2. The number of piperidine rings is 1. The van der Waals surface area contributed by atoms with Crippen LogP contribution in [-0.2, 0) is 12.8 Å². The van der Waals surface area contributed by atoms with Crippen molar-refractivity contribution in [2.24, 2.45) is 5.41 Å². The number of benzene rings is 1. The van der Waals surface area contributed by atoms with Crippen LogP contribution in [0.1, 0.15) is 68.7 Å². The number of imidazole rings is 1. The van der Waals surface area contributed by atoms with Gasteiger partial charge in [-0.05, 0) is 60.9 Å². The van der Waals surface area contributed by atoms with Crippen LogP contribution in [0.3, 0.4) is 0 Å². The molecular weight excluding hydrogens is 434 g/mol. The molecule has 0 saturated carbocycles. The van der Waals surface area contributed by atoms with Crippen molar-refractivity contribution in [1.29, 1.82) is 0 Å². The molecule has 5 nitrogen and oxygen atoms in total. The van der Waals surface area contributed by atoms with Crippen molar-refractivity contribution in [2.75, 3.05) is 18.0 Å². The van der Waals surface area contributed by atoms with Gasteiger partial charge in [-0.2, -0.15) is 0 Å². The van der Waals surface area contributed by atoms with Crippen LogP contribution in [0.4, 0.5) is 5.69 Å². The van der Waals surface area contributed by atoms with E-state index in [2.05, 4.69) is 54.9 Å². The Bertz CT molecular complexity index is 1140. The van der Waals surface area contributed by atoms with Gasteiger partial charge >= 0.3 is 0 Å². The average molecular weight is 468 g/mol. The van der Waals surface area contributed by atoms with E-state index in [0.29, 0.717) is 30.0 Å². The Morgan fingerprint density at radius 2 is 1.79 bits per heavy atom. The Kier molecular flexibility index (Phi) is 6.56. The molecule has 1 N–H and O–H groups in total. The fourth-order valence-electron chi connectivity index (χ4n) is 4.74. The fourth-order valence-corrected chi connectivity index (χ4v) is 4.90. The minimum Gasteiger partial charge on any atom is -0.389 e. The highest BCUT2D eigenvalue weighted by Crippen LogP contribution is 2.39. The summed E-state index contributed by atoms with van der Waals surface area (Å²) in [6.07, 6.45) is 5.13. The minimum absolute atomic E-state index is 0.0863. The molecule has 1 fully saturated rings. The number of pyridine rings is 1. The summed E-state index contributed by atoms with van der Waals surface area (Å²) in [6, 6.07) is 12.1. The van der Waals surface area contributed by atoms with Crippen LogP contribution in [0, 0.1) is 5.41 Å². The zero-order chi connectivity index (χ0) is 23.8. The maximum Gasteiger partial charge on any atom is 0.181 e. The first-order valence-electron chi connectivity index (χ1n) is 11.9. The molecule has 3 aromatic rings. The molecule has 1 saturated heterocycles. The number of rotatable bonds is 6. The lowest BCUT2D eigenvalue weighted by Gasteiger charge is -2.46. The predicted molar refractivity (Wildman–Crippen MR) is 135 cm³/mol. The zero-order valence-corrected chi connectivity index (χ0v) is 20.8. The number of ketones is 1. The molecule has 0 unspecified atom stereocenters.